The lowest BCUT2D eigenvalue weighted by Crippen LogP contribution is -2.21. The summed E-state index contributed by atoms with van der Waals surface area (Å²) in [6.07, 6.45) is 5.69. The molecule has 1 aromatic heterocycles. The predicted octanol–water partition coefficient (Wildman–Crippen LogP) is 6.14. The number of hydrogen-bond donors (Lipinski definition) is 0. The highest BCUT2D eigenvalue weighted by atomic mass is 31.1. The van der Waals surface area contributed by atoms with Gasteiger partial charge in [0.15, 0.2) is 0 Å². The molecular weight excluding hydrogens is 316 g/mol. The standard InChI is InChI=1S/C20H29NP2/c1-14-9-10-15(2)22(14)20-13-18-7-5-6-8-19(18)21(20)23-16(3)11-12-17(23)4/h5-8,13-17H,9-12H2,1-4H3. The molecule has 3 heteroatoms. The van der Waals surface area contributed by atoms with Crippen molar-refractivity contribution < 1.29 is 0 Å². The molecule has 4 rings (SSSR count). The highest BCUT2D eigenvalue weighted by Gasteiger charge is 2.38. The van der Waals surface area contributed by atoms with Crippen molar-refractivity contribution in [1.82, 2.24) is 4.34 Å². The molecule has 0 amide bonds. The van der Waals surface area contributed by atoms with Gasteiger partial charge >= 0.3 is 0 Å². The molecule has 0 bridgehead atoms. The Morgan fingerprint density at radius 3 is 2.04 bits per heavy atom. The number of hydrogen-bond acceptors (Lipinski definition) is 0. The van der Waals surface area contributed by atoms with E-state index >= 15 is 0 Å². The molecule has 2 fully saturated rings. The van der Waals surface area contributed by atoms with Gasteiger partial charge in [-0.1, -0.05) is 53.8 Å². The SMILES string of the molecule is CC1CCC(C)P1c1cc2ccccc2n1P1C(C)CCC1C. The summed E-state index contributed by atoms with van der Waals surface area (Å²) in [4.78, 5) is 0. The van der Waals surface area contributed by atoms with Crippen LogP contribution in [0.1, 0.15) is 53.4 Å². The molecule has 2 aromatic rings. The maximum atomic E-state index is 2.87. The zero-order valence-electron chi connectivity index (χ0n) is 14.9. The van der Waals surface area contributed by atoms with Crippen molar-refractivity contribution in [3.8, 4) is 0 Å². The van der Waals surface area contributed by atoms with Crippen LogP contribution in [0.5, 0.6) is 0 Å². The molecule has 3 heterocycles. The molecule has 0 saturated carbocycles. The zero-order chi connectivity index (χ0) is 16.1. The third-order valence-electron chi connectivity index (χ3n) is 6.02. The van der Waals surface area contributed by atoms with E-state index in [0.717, 1.165) is 22.6 Å². The maximum Gasteiger partial charge on any atom is 0.0521 e. The van der Waals surface area contributed by atoms with Crippen molar-refractivity contribution in [2.24, 2.45) is 0 Å². The molecule has 4 atom stereocenters. The van der Waals surface area contributed by atoms with Crippen LogP contribution in [0.3, 0.4) is 0 Å². The van der Waals surface area contributed by atoms with Crippen molar-refractivity contribution in [3.05, 3.63) is 30.3 Å². The number of fused-ring (bicyclic) bond motifs is 1. The molecule has 0 N–H and O–H groups in total. The highest BCUT2D eigenvalue weighted by Crippen LogP contribution is 2.61. The summed E-state index contributed by atoms with van der Waals surface area (Å²) in [6.45, 7) is 10.0. The zero-order valence-corrected chi connectivity index (χ0v) is 16.7. The van der Waals surface area contributed by atoms with E-state index in [-0.39, 0.29) is 16.0 Å². The summed E-state index contributed by atoms with van der Waals surface area (Å²) < 4.78 is 2.87. The van der Waals surface area contributed by atoms with Crippen LogP contribution < -0.4 is 5.44 Å². The van der Waals surface area contributed by atoms with Crippen molar-refractivity contribution in [3.63, 3.8) is 0 Å². The molecule has 2 saturated heterocycles. The van der Waals surface area contributed by atoms with Gasteiger partial charge in [0.2, 0.25) is 0 Å². The maximum absolute atomic E-state index is 2.87. The van der Waals surface area contributed by atoms with Gasteiger partial charge in [0.05, 0.1) is 5.52 Å². The Hall–Kier alpha value is -0.380. The van der Waals surface area contributed by atoms with Crippen LogP contribution in [-0.4, -0.2) is 27.0 Å². The molecule has 2 aliphatic heterocycles. The van der Waals surface area contributed by atoms with Crippen molar-refractivity contribution >= 4 is 32.3 Å². The van der Waals surface area contributed by atoms with Crippen LogP contribution in [-0.2, 0) is 0 Å². The first-order chi connectivity index (χ1) is 11.1. The summed E-state index contributed by atoms with van der Waals surface area (Å²) in [7, 11) is -0.0729. The Bertz CT molecular complexity index is 687. The fraction of sp³-hybridized carbons (Fsp3) is 0.600. The molecule has 23 heavy (non-hydrogen) atoms. The van der Waals surface area contributed by atoms with Crippen molar-refractivity contribution in [1.29, 1.82) is 0 Å². The Balaban J connectivity index is 1.92. The molecule has 1 nitrogen and oxygen atoms in total. The summed E-state index contributed by atoms with van der Waals surface area (Å²) in [6, 6.07) is 11.7. The monoisotopic (exact) mass is 345 g/mol. The second-order valence-electron chi connectivity index (χ2n) is 7.71. The van der Waals surface area contributed by atoms with Crippen molar-refractivity contribution in [2.45, 2.75) is 76.0 Å². The van der Waals surface area contributed by atoms with Gasteiger partial charge in [0, 0.05) is 18.9 Å². The van der Waals surface area contributed by atoms with E-state index in [2.05, 4.69) is 62.4 Å². The van der Waals surface area contributed by atoms with E-state index in [1.807, 2.05) is 0 Å². The van der Waals surface area contributed by atoms with Crippen LogP contribution in [0.4, 0.5) is 0 Å². The Morgan fingerprint density at radius 2 is 1.39 bits per heavy atom. The molecule has 1 aromatic carbocycles. The van der Waals surface area contributed by atoms with Gasteiger partial charge in [-0.05, 0) is 60.5 Å². The summed E-state index contributed by atoms with van der Waals surface area (Å²) in [5.74, 6) is 0. The first kappa shape index (κ1) is 16.1. The summed E-state index contributed by atoms with van der Waals surface area (Å²) in [5.41, 5.74) is 6.78. The number of nitrogens with zero attached hydrogens (tertiary/aromatic N) is 1. The van der Waals surface area contributed by atoms with Crippen LogP contribution in [0.2, 0.25) is 0 Å². The number of rotatable bonds is 2. The molecule has 0 radical (unpaired) electrons. The predicted molar refractivity (Wildman–Crippen MR) is 107 cm³/mol. The van der Waals surface area contributed by atoms with E-state index in [1.165, 1.54) is 36.6 Å². The normalized spacial score (nSPS) is 37.7. The molecule has 0 spiro atoms. The Labute approximate surface area is 143 Å². The molecule has 2 aliphatic rings. The number of para-hydroxylation sites is 1. The van der Waals surface area contributed by atoms with Gasteiger partial charge in [-0.3, -0.25) is 0 Å². The molecule has 0 aliphatic carbocycles. The molecule has 124 valence electrons. The lowest BCUT2D eigenvalue weighted by Gasteiger charge is -2.30. The minimum Gasteiger partial charge on any atom is -0.318 e. The fourth-order valence-electron chi connectivity index (χ4n) is 4.77. The van der Waals surface area contributed by atoms with Gasteiger partial charge in [-0.15, -0.1) is 0 Å². The van der Waals surface area contributed by atoms with E-state index in [4.69, 9.17) is 0 Å². The lowest BCUT2D eigenvalue weighted by atomic mass is 10.2. The summed E-state index contributed by atoms with van der Waals surface area (Å²) in [5, 5.41) is 1.48. The Morgan fingerprint density at radius 1 is 0.826 bits per heavy atom. The number of benzene rings is 1. The fourth-order valence-corrected chi connectivity index (χ4v) is 11.8. The smallest absolute Gasteiger partial charge is 0.0521 e. The average molecular weight is 345 g/mol. The third-order valence-corrected chi connectivity index (χ3v) is 12.7. The topological polar surface area (TPSA) is 4.93 Å². The van der Waals surface area contributed by atoms with E-state index in [9.17, 15) is 0 Å². The first-order valence-corrected chi connectivity index (χ1v) is 12.2. The second-order valence-corrected chi connectivity index (χ2v) is 13.7. The lowest BCUT2D eigenvalue weighted by molar-refractivity contribution is 0.777. The van der Waals surface area contributed by atoms with Gasteiger partial charge in [-0.25, -0.2) is 0 Å². The van der Waals surface area contributed by atoms with Crippen molar-refractivity contribution in [2.75, 3.05) is 0 Å². The van der Waals surface area contributed by atoms with Crippen LogP contribution in [0, 0.1) is 0 Å². The van der Waals surface area contributed by atoms with E-state index in [0.29, 0.717) is 0 Å². The van der Waals surface area contributed by atoms with Gasteiger partial charge in [0.25, 0.3) is 0 Å². The highest BCUT2D eigenvalue weighted by molar-refractivity contribution is 7.68. The van der Waals surface area contributed by atoms with Crippen LogP contribution >= 0.6 is 16.0 Å². The number of aromatic nitrogens is 1. The summed E-state index contributed by atoms with van der Waals surface area (Å²) >= 11 is 0. The average Bonchev–Trinajstić information content (AvgIpc) is 3.16. The largest absolute Gasteiger partial charge is 0.318 e. The minimum absolute atomic E-state index is 0.00531. The first-order valence-electron chi connectivity index (χ1n) is 9.25. The third kappa shape index (κ3) is 2.60. The Kier molecular flexibility index (Phi) is 4.32. The molecular formula is C20H29NP2. The molecule has 4 unspecified atom stereocenters. The van der Waals surface area contributed by atoms with Gasteiger partial charge in [-0.2, -0.15) is 0 Å². The van der Waals surface area contributed by atoms with E-state index in [1.54, 1.807) is 5.44 Å². The minimum atomic E-state index is -0.0676. The second kappa shape index (κ2) is 6.16. The quantitative estimate of drug-likeness (QED) is 0.577. The van der Waals surface area contributed by atoms with E-state index < -0.39 is 0 Å². The van der Waals surface area contributed by atoms with Gasteiger partial charge < -0.3 is 4.34 Å². The van der Waals surface area contributed by atoms with Gasteiger partial charge in [0.1, 0.15) is 0 Å². The van der Waals surface area contributed by atoms with Crippen LogP contribution in [0.15, 0.2) is 30.3 Å². The van der Waals surface area contributed by atoms with Crippen LogP contribution in [0.25, 0.3) is 10.9 Å².